The van der Waals surface area contributed by atoms with Crippen LogP contribution in [0, 0.1) is 5.92 Å². The van der Waals surface area contributed by atoms with Crippen LogP contribution < -0.4 is 5.32 Å². The Kier molecular flexibility index (Phi) is 5.90. The van der Waals surface area contributed by atoms with Crippen LogP contribution >= 0.6 is 15.9 Å². The molecule has 2 unspecified atom stereocenters. The van der Waals surface area contributed by atoms with Crippen molar-refractivity contribution in [3.63, 3.8) is 0 Å². The van der Waals surface area contributed by atoms with Gasteiger partial charge in [-0.05, 0) is 42.7 Å². The van der Waals surface area contributed by atoms with Crippen LogP contribution in [0.3, 0.4) is 0 Å². The molecule has 106 valence electrons. The van der Waals surface area contributed by atoms with E-state index in [0.717, 1.165) is 18.5 Å². The molecule has 0 amide bonds. The molecule has 2 atom stereocenters. The zero-order valence-electron chi connectivity index (χ0n) is 12.2. The molecule has 1 N–H and O–H groups in total. The number of hydrogen-bond donors (Lipinski definition) is 1. The lowest BCUT2D eigenvalue weighted by Gasteiger charge is -2.23. The molecule has 0 heterocycles. The van der Waals surface area contributed by atoms with Crippen LogP contribution in [0.1, 0.15) is 57.4 Å². The fourth-order valence-electron chi connectivity index (χ4n) is 2.82. The van der Waals surface area contributed by atoms with Gasteiger partial charge in [0.2, 0.25) is 0 Å². The SMILES string of the molecule is CCCC(C)CC(CNC1CC1)c1ccccc1Br. The Labute approximate surface area is 126 Å². The molecule has 2 heteroatoms. The smallest absolute Gasteiger partial charge is 0.0210 e. The zero-order chi connectivity index (χ0) is 13.7. The Balaban J connectivity index is 2.01. The molecule has 19 heavy (non-hydrogen) atoms. The minimum absolute atomic E-state index is 0.637. The largest absolute Gasteiger partial charge is 0.313 e. The second kappa shape index (κ2) is 7.44. The average molecular weight is 324 g/mol. The molecule has 0 aliphatic heterocycles. The Morgan fingerprint density at radius 3 is 2.68 bits per heavy atom. The molecular weight excluding hydrogens is 298 g/mol. The molecule has 0 bridgehead atoms. The molecule has 1 aromatic rings. The van der Waals surface area contributed by atoms with Gasteiger partial charge in [-0.3, -0.25) is 0 Å². The van der Waals surface area contributed by atoms with Crippen LogP contribution in [0.2, 0.25) is 0 Å². The molecule has 1 saturated carbocycles. The van der Waals surface area contributed by atoms with E-state index in [4.69, 9.17) is 0 Å². The molecule has 0 radical (unpaired) electrons. The first kappa shape index (κ1) is 15.1. The molecule has 1 aliphatic carbocycles. The Bertz CT molecular complexity index is 387. The van der Waals surface area contributed by atoms with Crippen molar-refractivity contribution in [2.75, 3.05) is 6.54 Å². The summed E-state index contributed by atoms with van der Waals surface area (Å²) in [4.78, 5) is 0. The summed E-state index contributed by atoms with van der Waals surface area (Å²) in [5.74, 6) is 1.45. The maximum Gasteiger partial charge on any atom is 0.0210 e. The third kappa shape index (κ3) is 4.92. The number of hydrogen-bond acceptors (Lipinski definition) is 1. The highest BCUT2D eigenvalue weighted by Gasteiger charge is 2.24. The van der Waals surface area contributed by atoms with Gasteiger partial charge in [0.05, 0.1) is 0 Å². The lowest BCUT2D eigenvalue weighted by atomic mass is 9.87. The maximum absolute atomic E-state index is 3.72. The minimum atomic E-state index is 0.637. The first-order chi connectivity index (χ1) is 9.20. The van der Waals surface area contributed by atoms with E-state index >= 15 is 0 Å². The van der Waals surface area contributed by atoms with Crippen molar-refractivity contribution >= 4 is 15.9 Å². The highest BCUT2D eigenvalue weighted by atomic mass is 79.9. The van der Waals surface area contributed by atoms with Crippen molar-refractivity contribution in [2.45, 2.75) is 57.9 Å². The number of rotatable bonds is 8. The van der Waals surface area contributed by atoms with Gasteiger partial charge in [0.15, 0.2) is 0 Å². The van der Waals surface area contributed by atoms with Gasteiger partial charge in [0.25, 0.3) is 0 Å². The molecule has 2 rings (SSSR count). The van der Waals surface area contributed by atoms with E-state index in [1.165, 1.54) is 42.1 Å². The summed E-state index contributed by atoms with van der Waals surface area (Å²) < 4.78 is 1.27. The highest BCUT2D eigenvalue weighted by molar-refractivity contribution is 9.10. The van der Waals surface area contributed by atoms with Crippen molar-refractivity contribution in [1.29, 1.82) is 0 Å². The fourth-order valence-corrected chi connectivity index (χ4v) is 3.43. The summed E-state index contributed by atoms with van der Waals surface area (Å²) in [6.45, 7) is 5.80. The molecule has 1 nitrogen and oxygen atoms in total. The quantitative estimate of drug-likeness (QED) is 0.700. The second-order valence-electron chi connectivity index (χ2n) is 6.03. The van der Waals surface area contributed by atoms with Gasteiger partial charge in [-0.15, -0.1) is 0 Å². The summed E-state index contributed by atoms with van der Waals surface area (Å²) in [5, 5.41) is 3.71. The molecular formula is C17H26BrN. The highest BCUT2D eigenvalue weighted by Crippen LogP contribution is 2.31. The Hall–Kier alpha value is -0.340. The maximum atomic E-state index is 3.72. The van der Waals surface area contributed by atoms with Crippen LogP contribution in [-0.2, 0) is 0 Å². The van der Waals surface area contributed by atoms with Crippen molar-refractivity contribution in [3.8, 4) is 0 Å². The monoisotopic (exact) mass is 323 g/mol. The molecule has 0 aromatic heterocycles. The van der Waals surface area contributed by atoms with E-state index in [-0.39, 0.29) is 0 Å². The van der Waals surface area contributed by atoms with E-state index in [9.17, 15) is 0 Å². The number of halogens is 1. The van der Waals surface area contributed by atoms with E-state index in [1.807, 2.05) is 0 Å². The van der Waals surface area contributed by atoms with E-state index in [2.05, 4.69) is 59.4 Å². The van der Waals surface area contributed by atoms with Gasteiger partial charge < -0.3 is 5.32 Å². The van der Waals surface area contributed by atoms with E-state index in [0.29, 0.717) is 5.92 Å². The van der Waals surface area contributed by atoms with Crippen LogP contribution in [0.15, 0.2) is 28.7 Å². The predicted octanol–water partition coefficient (Wildman–Crippen LogP) is 5.11. The van der Waals surface area contributed by atoms with Gasteiger partial charge in [0.1, 0.15) is 0 Å². The summed E-state index contributed by atoms with van der Waals surface area (Å²) in [5.41, 5.74) is 1.47. The lowest BCUT2D eigenvalue weighted by molar-refractivity contribution is 0.418. The summed E-state index contributed by atoms with van der Waals surface area (Å²) in [6, 6.07) is 9.51. The third-order valence-corrected chi connectivity index (χ3v) is 4.77. The molecule has 0 saturated heterocycles. The number of benzene rings is 1. The predicted molar refractivity (Wildman–Crippen MR) is 86.6 cm³/mol. The summed E-state index contributed by atoms with van der Waals surface area (Å²) in [7, 11) is 0. The van der Waals surface area contributed by atoms with Gasteiger partial charge >= 0.3 is 0 Å². The van der Waals surface area contributed by atoms with Crippen LogP contribution in [0.25, 0.3) is 0 Å². The van der Waals surface area contributed by atoms with Crippen molar-refractivity contribution in [2.24, 2.45) is 5.92 Å². The topological polar surface area (TPSA) is 12.0 Å². The summed E-state index contributed by atoms with van der Waals surface area (Å²) >= 11 is 3.72. The Morgan fingerprint density at radius 1 is 1.32 bits per heavy atom. The van der Waals surface area contributed by atoms with Gasteiger partial charge in [-0.2, -0.15) is 0 Å². The first-order valence-corrected chi connectivity index (χ1v) is 8.47. The van der Waals surface area contributed by atoms with Crippen LogP contribution in [0.4, 0.5) is 0 Å². The average Bonchev–Trinajstić information content (AvgIpc) is 3.19. The number of nitrogens with one attached hydrogen (secondary N) is 1. The van der Waals surface area contributed by atoms with Gasteiger partial charge in [-0.25, -0.2) is 0 Å². The van der Waals surface area contributed by atoms with Crippen LogP contribution in [0.5, 0.6) is 0 Å². The van der Waals surface area contributed by atoms with Crippen molar-refractivity contribution < 1.29 is 0 Å². The normalized spacial score (nSPS) is 18.3. The van der Waals surface area contributed by atoms with Crippen molar-refractivity contribution in [3.05, 3.63) is 34.3 Å². The Morgan fingerprint density at radius 2 is 2.05 bits per heavy atom. The molecule has 1 aromatic carbocycles. The molecule has 1 aliphatic rings. The first-order valence-electron chi connectivity index (χ1n) is 7.68. The third-order valence-electron chi connectivity index (χ3n) is 4.04. The summed E-state index contributed by atoms with van der Waals surface area (Å²) in [6.07, 6.45) is 6.65. The second-order valence-corrected chi connectivity index (χ2v) is 6.88. The minimum Gasteiger partial charge on any atom is -0.313 e. The van der Waals surface area contributed by atoms with Gasteiger partial charge in [-0.1, -0.05) is 60.8 Å². The molecule has 0 spiro atoms. The standard InChI is InChI=1S/C17H26BrN/c1-3-6-13(2)11-14(12-19-15-9-10-15)16-7-4-5-8-17(16)18/h4-5,7-8,13-15,19H,3,6,9-12H2,1-2H3. The van der Waals surface area contributed by atoms with E-state index in [1.54, 1.807) is 0 Å². The van der Waals surface area contributed by atoms with Crippen molar-refractivity contribution in [1.82, 2.24) is 5.32 Å². The van der Waals surface area contributed by atoms with E-state index < -0.39 is 0 Å². The zero-order valence-corrected chi connectivity index (χ0v) is 13.7. The lowest BCUT2D eigenvalue weighted by Crippen LogP contribution is -2.25. The van der Waals surface area contributed by atoms with Gasteiger partial charge in [0, 0.05) is 17.1 Å². The fraction of sp³-hybridized carbons (Fsp3) is 0.647. The van der Waals surface area contributed by atoms with Crippen LogP contribution in [-0.4, -0.2) is 12.6 Å². The molecule has 1 fully saturated rings.